The Balaban J connectivity index is 2.15. The van der Waals surface area contributed by atoms with Crippen LogP contribution >= 0.6 is 24.2 Å². The highest BCUT2D eigenvalue weighted by Gasteiger charge is 2.01. The van der Waals surface area contributed by atoms with Gasteiger partial charge in [0.25, 0.3) is 0 Å². The van der Waals surface area contributed by atoms with Gasteiger partial charge in [-0.15, -0.1) is 12.6 Å². The highest BCUT2D eigenvalue weighted by atomic mass is 35.5. The molecule has 72 valence electrons. The number of hydrogen-bond donors (Lipinski definition) is 2. The third-order valence-corrected chi connectivity index (χ3v) is 2.25. The molecule has 2 rings (SSSR count). The highest BCUT2D eigenvalue weighted by molar-refractivity contribution is 7.80. The summed E-state index contributed by atoms with van der Waals surface area (Å²) in [6.07, 6.45) is 0.689. The van der Waals surface area contributed by atoms with Gasteiger partial charge in [-0.1, -0.05) is 23.7 Å². The van der Waals surface area contributed by atoms with Crippen molar-refractivity contribution in [3.05, 3.63) is 40.7 Å². The van der Waals surface area contributed by atoms with Crippen molar-refractivity contribution in [2.75, 3.05) is 0 Å². The van der Waals surface area contributed by atoms with E-state index in [1.54, 1.807) is 0 Å². The molecule has 0 aliphatic heterocycles. The summed E-state index contributed by atoms with van der Waals surface area (Å²) >= 11 is 9.81. The topological polar surface area (TPSA) is 41.6 Å². The maximum atomic E-state index is 5.77. The summed E-state index contributed by atoms with van der Waals surface area (Å²) in [5.74, 6) is 0.734. The minimum Gasteiger partial charge on any atom is -0.254 e. The third kappa shape index (κ3) is 2.27. The molecule has 14 heavy (non-hydrogen) atoms. The first-order chi connectivity index (χ1) is 6.74. The van der Waals surface area contributed by atoms with Crippen molar-refractivity contribution in [3.8, 4) is 0 Å². The maximum Gasteiger partial charge on any atom is 0.180 e. The molecule has 2 aromatic rings. The zero-order chi connectivity index (χ0) is 9.97. The van der Waals surface area contributed by atoms with Crippen molar-refractivity contribution in [2.45, 2.75) is 11.6 Å². The summed E-state index contributed by atoms with van der Waals surface area (Å²) in [5.41, 5.74) is 1.13. The normalized spacial score (nSPS) is 10.4. The van der Waals surface area contributed by atoms with Crippen LogP contribution in [0.25, 0.3) is 0 Å². The van der Waals surface area contributed by atoms with E-state index in [9.17, 15) is 0 Å². The largest absolute Gasteiger partial charge is 0.254 e. The molecule has 1 heterocycles. The van der Waals surface area contributed by atoms with Crippen LogP contribution in [0.3, 0.4) is 0 Å². The number of aromatic nitrogens is 3. The van der Waals surface area contributed by atoms with Gasteiger partial charge in [0, 0.05) is 11.4 Å². The van der Waals surface area contributed by atoms with Gasteiger partial charge in [-0.3, -0.25) is 5.10 Å². The van der Waals surface area contributed by atoms with Gasteiger partial charge >= 0.3 is 0 Å². The molecule has 1 aromatic carbocycles. The van der Waals surface area contributed by atoms with Crippen molar-refractivity contribution in [1.82, 2.24) is 15.2 Å². The number of nitrogens with one attached hydrogen (secondary N) is 1. The lowest BCUT2D eigenvalue weighted by Gasteiger charge is -1.96. The minimum absolute atomic E-state index is 0.536. The van der Waals surface area contributed by atoms with E-state index in [1.807, 2.05) is 24.3 Å². The summed E-state index contributed by atoms with van der Waals surface area (Å²) in [6.45, 7) is 0. The molecule has 1 aromatic heterocycles. The Bertz CT molecular complexity index is 424. The quantitative estimate of drug-likeness (QED) is 0.771. The van der Waals surface area contributed by atoms with Crippen LogP contribution in [0.4, 0.5) is 0 Å². The number of benzene rings is 1. The molecule has 0 unspecified atom stereocenters. The van der Waals surface area contributed by atoms with Crippen LogP contribution in [-0.2, 0) is 6.42 Å². The van der Waals surface area contributed by atoms with Gasteiger partial charge in [0.2, 0.25) is 0 Å². The van der Waals surface area contributed by atoms with E-state index >= 15 is 0 Å². The lowest BCUT2D eigenvalue weighted by atomic mass is 10.1. The Labute approximate surface area is 91.9 Å². The molecule has 0 atom stereocenters. The molecule has 0 saturated heterocycles. The van der Waals surface area contributed by atoms with Crippen molar-refractivity contribution in [1.29, 1.82) is 0 Å². The Morgan fingerprint density at radius 1 is 1.29 bits per heavy atom. The SMILES string of the molecule is Sc1nc(Cc2ccc(Cl)cc2)n[nH]1. The van der Waals surface area contributed by atoms with Crippen LogP contribution in [0.2, 0.25) is 5.02 Å². The van der Waals surface area contributed by atoms with E-state index in [0.717, 1.165) is 16.4 Å². The fraction of sp³-hybridized carbons (Fsp3) is 0.111. The van der Waals surface area contributed by atoms with Crippen molar-refractivity contribution in [3.63, 3.8) is 0 Å². The summed E-state index contributed by atoms with van der Waals surface area (Å²) < 4.78 is 0. The third-order valence-electron chi connectivity index (χ3n) is 1.80. The van der Waals surface area contributed by atoms with Crippen molar-refractivity contribution < 1.29 is 0 Å². The first kappa shape index (κ1) is 9.55. The van der Waals surface area contributed by atoms with Crippen molar-refractivity contribution >= 4 is 24.2 Å². The summed E-state index contributed by atoms with van der Waals surface area (Å²) in [4.78, 5) is 4.09. The molecule has 5 heteroatoms. The second-order valence-electron chi connectivity index (χ2n) is 2.88. The predicted octanol–water partition coefficient (Wildman–Crippen LogP) is 2.34. The van der Waals surface area contributed by atoms with E-state index in [0.29, 0.717) is 11.6 Å². The van der Waals surface area contributed by atoms with E-state index in [2.05, 4.69) is 27.8 Å². The molecule has 0 aliphatic carbocycles. The van der Waals surface area contributed by atoms with Gasteiger partial charge in [0.05, 0.1) is 0 Å². The smallest absolute Gasteiger partial charge is 0.180 e. The molecule has 0 bridgehead atoms. The zero-order valence-electron chi connectivity index (χ0n) is 7.24. The number of nitrogens with zero attached hydrogens (tertiary/aromatic N) is 2. The van der Waals surface area contributed by atoms with Gasteiger partial charge in [-0.25, -0.2) is 4.98 Å². The molecular weight excluding hydrogens is 218 g/mol. The summed E-state index contributed by atoms with van der Waals surface area (Å²) in [5, 5.41) is 7.94. The Hall–Kier alpha value is -1.00. The second-order valence-corrected chi connectivity index (χ2v) is 3.74. The maximum absolute atomic E-state index is 5.77. The molecule has 0 saturated carbocycles. The molecule has 1 N–H and O–H groups in total. The first-order valence-electron chi connectivity index (χ1n) is 4.09. The van der Waals surface area contributed by atoms with Gasteiger partial charge in [0.15, 0.2) is 11.0 Å². The summed E-state index contributed by atoms with van der Waals surface area (Å²) in [6, 6.07) is 7.62. The van der Waals surface area contributed by atoms with Crippen molar-refractivity contribution in [2.24, 2.45) is 0 Å². The fourth-order valence-corrected chi connectivity index (χ4v) is 1.44. The van der Waals surface area contributed by atoms with Gasteiger partial charge in [-0.05, 0) is 17.7 Å². The molecule has 0 aliphatic rings. The number of halogens is 1. The van der Waals surface area contributed by atoms with E-state index in [1.165, 1.54) is 0 Å². The number of thiol groups is 1. The van der Waals surface area contributed by atoms with Crippen LogP contribution in [0, 0.1) is 0 Å². The van der Waals surface area contributed by atoms with E-state index < -0.39 is 0 Å². The predicted molar refractivity (Wildman–Crippen MR) is 57.9 cm³/mol. The zero-order valence-corrected chi connectivity index (χ0v) is 8.89. The molecular formula is C9H8ClN3S. The highest BCUT2D eigenvalue weighted by Crippen LogP contribution is 2.12. The molecule has 3 nitrogen and oxygen atoms in total. The molecule has 0 radical (unpaired) electrons. The van der Waals surface area contributed by atoms with Gasteiger partial charge in [0.1, 0.15) is 0 Å². The summed E-state index contributed by atoms with van der Waals surface area (Å²) in [7, 11) is 0. The number of hydrogen-bond acceptors (Lipinski definition) is 3. The van der Waals surface area contributed by atoms with Crippen LogP contribution in [0.1, 0.15) is 11.4 Å². The monoisotopic (exact) mass is 225 g/mol. The minimum atomic E-state index is 0.536. The second kappa shape index (κ2) is 4.02. The first-order valence-corrected chi connectivity index (χ1v) is 4.91. The standard InChI is InChI=1S/C9H8ClN3S/c10-7-3-1-6(2-4-7)5-8-11-9(14)13-12-8/h1-4H,5H2,(H2,11,12,13,14). The van der Waals surface area contributed by atoms with Crippen LogP contribution < -0.4 is 0 Å². The molecule has 0 amide bonds. The van der Waals surface area contributed by atoms with Gasteiger partial charge in [-0.2, -0.15) is 5.10 Å². The van der Waals surface area contributed by atoms with Crippen LogP contribution in [0.5, 0.6) is 0 Å². The average molecular weight is 226 g/mol. The number of H-pyrrole nitrogens is 1. The number of aromatic amines is 1. The fourth-order valence-electron chi connectivity index (χ4n) is 1.15. The van der Waals surface area contributed by atoms with E-state index in [4.69, 9.17) is 11.6 Å². The van der Waals surface area contributed by atoms with Crippen LogP contribution in [0.15, 0.2) is 29.4 Å². The Kier molecular flexibility index (Phi) is 2.74. The van der Waals surface area contributed by atoms with Gasteiger partial charge < -0.3 is 0 Å². The van der Waals surface area contributed by atoms with E-state index in [-0.39, 0.29) is 0 Å². The number of rotatable bonds is 2. The lowest BCUT2D eigenvalue weighted by molar-refractivity contribution is 0.959. The lowest BCUT2D eigenvalue weighted by Crippen LogP contribution is -1.90. The molecule has 0 spiro atoms. The average Bonchev–Trinajstić information content (AvgIpc) is 2.56. The Morgan fingerprint density at radius 3 is 2.57 bits per heavy atom. The Morgan fingerprint density at radius 2 is 2.00 bits per heavy atom. The van der Waals surface area contributed by atoms with Crippen LogP contribution in [-0.4, -0.2) is 15.2 Å². The molecule has 0 fully saturated rings.